The first-order valence-corrected chi connectivity index (χ1v) is 2.95. The maximum absolute atomic E-state index is 10.3. The van der Waals surface area contributed by atoms with Gasteiger partial charge in [0.1, 0.15) is 0 Å². The Morgan fingerprint density at radius 2 is 2.11 bits per heavy atom. The quantitative estimate of drug-likeness (QED) is 0.425. The van der Waals surface area contributed by atoms with E-state index in [1.54, 1.807) is 0 Å². The molecule has 0 spiro atoms. The summed E-state index contributed by atoms with van der Waals surface area (Å²) in [5.74, 6) is 0.00986. The molecule has 0 aliphatic rings. The van der Waals surface area contributed by atoms with Gasteiger partial charge in [0.05, 0.1) is 12.4 Å². The van der Waals surface area contributed by atoms with Gasteiger partial charge in [0.15, 0.2) is 5.78 Å². The Hall–Kier alpha value is -0.790. The monoisotopic (exact) mass is 128 g/mol. The Bertz CT molecular complexity index is 114. The average molecular weight is 128 g/mol. The molecule has 0 unspecified atom stereocenters. The van der Waals surface area contributed by atoms with Crippen LogP contribution < -0.4 is 0 Å². The van der Waals surface area contributed by atoms with Crippen LogP contribution >= 0.6 is 0 Å². The van der Waals surface area contributed by atoms with E-state index in [4.69, 9.17) is 4.74 Å². The molecule has 0 rings (SSSR count). The van der Waals surface area contributed by atoms with Crippen LogP contribution in [0.1, 0.15) is 20.8 Å². The third kappa shape index (κ3) is 7.21. The zero-order valence-corrected chi connectivity index (χ0v) is 6.05. The first-order chi connectivity index (χ1) is 4.13. The number of ether oxygens (including phenoxy) is 1. The van der Waals surface area contributed by atoms with Crippen molar-refractivity contribution in [3.8, 4) is 0 Å². The Morgan fingerprint density at radius 1 is 1.56 bits per heavy atom. The Balaban J connectivity index is 3.36. The molecule has 9 heavy (non-hydrogen) atoms. The summed E-state index contributed by atoms with van der Waals surface area (Å²) in [6, 6.07) is 0. The Labute approximate surface area is 55.5 Å². The van der Waals surface area contributed by atoms with Gasteiger partial charge in [-0.05, 0) is 20.8 Å². The smallest absolute Gasteiger partial charge is 0.155 e. The minimum absolute atomic E-state index is 0.00986. The van der Waals surface area contributed by atoms with Gasteiger partial charge >= 0.3 is 0 Å². The summed E-state index contributed by atoms with van der Waals surface area (Å²) < 4.78 is 4.95. The maximum Gasteiger partial charge on any atom is 0.155 e. The lowest BCUT2D eigenvalue weighted by molar-refractivity contribution is -0.112. The predicted octanol–water partition coefficient (Wildman–Crippen LogP) is 1.51. The van der Waals surface area contributed by atoms with Crippen LogP contribution in [-0.4, -0.2) is 11.9 Å². The van der Waals surface area contributed by atoms with Crippen molar-refractivity contribution >= 4 is 5.78 Å². The molecule has 0 radical (unpaired) electrons. The van der Waals surface area contributed by atoms with Crippen LogP contribution in [0.5, 0.6) is 0 Å². The summed E-state index contributed by atoms with van der Waals surface area (Å²) in [6.45, 7) is 5.30. The van der Waals surface area contributed by atoms with Crippen LogP contribution in [-0.2, 0) is 9.53 Å². The van der Waals surface area contributed by atoms with Crippen molar-refractivity contribution in [2.24, 2.45) is 0 Å². The van der Waals surface area contributed by atoms with Gasteiger partial charge in [-0.3, -0.25) is 4.79 Å². The van der Waals surface area contributed by atoms with E-state index in [-0.39, 0.29) is 11.9 Å². The molecule has 0 N–H and O–H groups in total. The molecule has 0 heterocycles. The summed E-state index contributed by atoms with van der Waals surface area (Å²) >= 11 is 0. The normalized spacial score (nSPS) is 10.7. The number of ketones is 1. The van der Waals surface area contributed by atoms with Crippen LogP contribution in [0, 0.1) is 0 Å². The lowest BCUT2D eigenvalue weighted by Crippen LogP contribution is -1.95. The fraction of sp³-hybridized carbons (Fsp3) is 0.571. The van der Waals surface area contributed by atoms with Gasteiger partial charge in [0, 0.05) is 6.08 Å². The van der Waals surface area contributed by atoms with E-state index in [1.165, 1.54) is 19.3 Å². The first kappa shape index (κ1) is 8.21. The molecule has 2 heteroatoms. The SMILES string of the molecule is CC(=O)C=COC(C)C. The van der Waals surface area contributed by atoms with Crippen LogP contribution in [0.2, 0.25) is 0 Å². The second-order valence-electron chi connectivity index (χ2n) is 2.10. The molecule has 0 aromatic heterocycles. The zero-order chi connectivity index (χ0) is 7.28. The van der Waals surface area contributed by atoms with Gasteiger partial charge in [-0.2, -0.15) is 0 Å². The molecular formula is C7H12O2. The summed E-state index contributed by atoms with van der Waals surface area (Å²) in [5.41, 5.74) is 0. The number of hydrogen-bond donors (Lipinski definition) is 0. The topological polar surface area (TPSA) is 26.3 Å². The van der Waals surface area contributed by atoms with E-state index in [2.05, 4.69) is 0 Å². The second kappa shape index (κ2) is 4.13. The van der Waals surface area contributed by atoms with Crippen LogP contribution in [0.3, 0.4) is 0 Å². The number of allylic oxidation sites excluding steroid dienone is 1. The Kier molecular flexibility index (Phi) is 3.76. The third-order valence-electron chi connectivity index (χ3n) is 0.653. The summed E-state index contributed by atoms with van der Waals surface area (Å²) in [4.78, 5) is 10.3. The third-order valence-corrected chi connectivity index (χ3v) is 0.653. The van der Waals surface area contributed by atoms with Crippen molar-refractivity contribution in [3.63, 3.8) is 0 Å². The van der Waals surface area contributed by atoms with E-state index in [9.17, 15) is 4.79 Å². The minimum atomic E-state index is 0.00986. The summed E-state index contributed by atoms with van der Waals surface area (Å²) in [7, 11) is 0. The molecule has 2 nitrogen and oxygen atoms in total. The standard InChI is InChI=1S/C7H12O2/c1-6(2)9-5-4-7(3)8/h4-6H,1-3H3. The van der Waals surface area contributed by atoms with Gasteiger partial charge in [0.25, 0.3) is 0 Å². The van der Waals surface area contributed by atoms with Crippen LogP contribution in [0.25, 0.3) is 0 Å². The van der Waals surface area contributed by atoms with Crippen molar-refractivity contribution in [1.82, 2.24) is 0 Å². The highest BCUT2D eigenvalue weighted by atomic mass is 16.5. The van der Waals surface area contributed by atoms with Gasteiger partial charge in [-0.15, -0.1) is 0 Å². The zero-order valence-electron chi connectivity index (χ0n) is 6.05. The van der Waals surface area contributed by atoms with E-state index < -0.39 is 0 Å². The van der Waals surface area contributed by atoms with Gasteiger partial charge in [-0.1, -0.05) is 0 Å². The molecule has 0 aliphatic carbocycles. The van der Waals surface area contributed by atoms with Crippen LogP contribution in [0.4, 0.5) is 0 Å². The molecule has 0 aromatic carbocycles. The van der Waals surface area contributed by atoms with Crippen molar-refractivity contribution in [2.75, 3.05) is 0 Å². The van der Waals surface area contributed by atoms with E-state index in [0.717, 1.165) is 0 Å². The molecule has 0 saturated carbocycles. The predicted molar refractivity (Wildman–Crippen MR) is 36.0 cm³/mol. The number of hydrogen-bond acceptors (Lipinski definition) is 2. The minimum Gasteiger partial charge on any atom is -0.498 e. The molecule has 0 atom stereocenters. The lowest BCUT2D eigenvalue weighted by Gasteiger charge is -2.00. The second-order valence-corrected chi connectivity index (χ2v) is 2.10. The summed E-state index contributed by atoms with van der Waals surface area (Å²) in [6.07, 6.45) is 2.98. The molecule has 0 bridgehead atoms. The van der Waals surface area contributed by atoms with Crippen molar-refractivity contribution < 1.29 is 9.53 Å². The van der Waals surface area contributed by atoms with E-state index in [0.29, 0.717) is 0 Å². The fourth-order valence-corrected chi connectivity index (χ4v) is 0.292. The van der Waals surface area contributed by atoms with Crippen LogP contribution in [0.15, 0.2) is 12.3 Å². The highest BCUT2D eigenvalue weighted by Crippen LogP contribution is 1.87. The molecule has 0 aliphatic heterocycles. The molecule has 52 valence electrons. The number of rotatable bonds is 3. The van der Waals surface area contributed by atoms with Gasteiger partial charge in [0.2, 0.25) is 0 Å². The first-order valence-electron chi connectivity index (χ1n) is 2.95. The molecule has 0 amide bonds. The molecular weight excluding hydrogens is 116 g/mol. The maximum atomic E-state index is 10.3. The summed E-state index contributed by atoms with van der Waals surface area (Å²) in [5, 5.41) is 0. The Morgan fingerprint density at radius 3 is 2.44 bits per heavy atom. The lowest BCUT2D eigenvalue weighted by atomic mass is 10.4. The molecule has 0 fully saturated rings. The largest absolute Gasteiger partial charge is 0.498 e. The van der Waals surface area contributed by atoms with Crippen molar-refractivity contribution in [2.45, 2.75) is 26.9 Å². The van der Waals surface area contributed by atoms with E-state index in [1.807, 2.05) is 13.8 Å². The highest BCUT2D eigenvalue weighted by Gasteiger charge is 1.86. The van der Waals surface area contributed by atoms with E-state index >= 15 is 0 Å². The highest BCUT2D eigenvalue weighted by molar-refractivity contribution is 5.86. The number of carbonyl (C=O) groups is 1. The van der Waals surface area contributed by atoms with Gasteiger partial charge < -0.3 is 4.74 Å². The van der Waals surface area contributed by atoms with Gasteiger partial charge in [-0.25, -0.2) is 0 Å². The molecule has 0 aromatic rings. The fourth-order valence-electron chi connectivity index (χ4n) is 0.292. The molecule has 0 saturated heterocycles. The number of carbonyl (C=O) groups excluding carboxylic acids is 1. The average Bonchev–Trinajstić information content (AvgIpc) is 1.63. The van der Waals surface area contributed by atoms with Crippen molar-refractivity contribution in [1.29, 1.82) is 0 Å². The van der Waals surface area contributed by atoms with Crippen molar-refractivity contribution in [3.05, 3.63) is 12.3 Å².